The number of nitrogens with two attached hydrogens (primary N) is 1. The number of rotatable bonds is 5. The second kappa shape index (κ2) is 8.56. The van der Waals surface area contributed by atoms with Gasteiger partial charge in [0.15, 0.2) is 5.57 Å². The second-order valence-electron chi connectivity index (χ2n) is 5.11. The van der Waals surface area contributed by atoms with Crippen LogP contribution in [0.15, 0.2) is 29.1 Å². The van der Waals surface area contributed by atoms with Gasteiger partial charge in [-0.1, -0.05) is 12.0 Å². The zero-order valence-corrected chi connectivity index (χ0v) is 14.9. The summed E-state index contributed by atoms with van der Waals surface area (Å²) in [5.74, 6) is 1.66. The molecule has 0 saturated carbocycles. The third-order valence-corrected chi connectivity index (χ3v) is 4.51. The Bertz CT molecular complexity index is 1080. The van der Waals surface area contributed by atoms with Crippen LogP contribution in [-0.2, 0) is 11.3 Å². The largest absolute Gasteiger partial charge is 0.399 e. The van der Waals surface area contributed by atoms with Gasteiger partial charge in [-0.15, -0.1) is 17.8 Å². The molecule has 7 nitrogen and oxygen atoms in total. The number of nitrogens with one attached hydrogen (secondary N) is 2. The Morgan fingerprint density at radius 1 is 1.50 bits per heavy atom. The molecule has 1 heterocycles. The SMILES string of the molecule is C#CCNC(=O)C(C#N)=c1sc(=CNc2cccc(N)c2)c(=O)n1CC. The summed E-state index contributed by atoms with van der Waals surface area (Å²) in [5, 5.41) is 14.8. The molecule has 1 aromatic heterocycles. The number of benzene rings is 1. The lowest BCUT2D eigenvalue weighted by atomic mass is 10.3. The van der Waals surface area contributed by atoms with Crippen molar-refractivity contribution in [3.8, 4) is 18.4 Å². The highest BCUT2D eigenvalue weighted by Crippen LogP contribution is 2.11. The number of carbonyl (C=O) groups excluding carboxylic acids is 1. The van der Waals surface area contributed by atoms with Crippen molar-refractivity contribution >= 4 is 40.4 Å². The lowest BCUT2D eigenvalue weighted by Crippen LogP contribution is -2.34. The van der Waals surface area contributed by atoms with Crippen molar-refractivity contribution in [3.63, 3.8) is 0 Å². The zero-order chi connectivity index (χ0) is 19.1. The minimum absolute atomic E-state index is 0.00170. The van der Waals surface area contributed by atoms with E-state index in [0.717, 1.165) is 17.0 Å². The van der Waals surface area contributed by atoms with E-state index in [1.54, 1.807) is 31.2 Å². The molecule has 0 spiro atoms. The summed E-state index contributed by atoms with van der Waals surface area (Å²) < 4.78 is 2.03. The van der Waals surface area contributed by atoms with E-state index in [-0.39, 0.29) is 22.3 Å². The van der Waals surface area contributed by atoms with Crippen LogP contribution in [0.5, 0.6) is 0 Å². The molecule has 0 radical (unpaired) electrons. The summed E-state index contributed by atoms with van der Waals surface area (Å²) in [6.45, 7) is 2.09. The standard InChI is InChI=1S/C18H17N5O2S/c1-3-8-21-16(24)14(10-19)18-23(4-2)17(25)15(26-18)11-22-13-7-5-6-12(20)9-13/h1,5-7,9,11,22H,4,8,20H2,2H3,(H,21,24). The van der Waals surface area contributed by atoms with Crippen molar-refractivity contribution in [3.05, 3.63) is 43.8 Å². The molecule has 0 unspecified atom stereocenters. The minimum Gasteiger partial charge on any atom is -0.399 e. The van der Waals surface area contributed by atoms with E-state index in [0.29, 0.717) is 16.8 Å². The van der Waals surface area contributed by atoms with Crippen LogP contribution in [0, 0.1) is 23.7 Å². The van der Waals surface area contributed by atoms with Crippen LogP contribution >= 0.6 is 11.3 Å². The molecule has 26 heavy (non-hydrogen) atoms. The van der Waals surface area contributed by atoms with E-state index in [2.05, 4.69) is 16.6 Å². The Balaban J connectivity index is 2.55. The van der Waals surface area contributed by atoms with Gasteiger partial charge in [0.05, 0.1) is 6.54 Å². The number of nitrogens with zero attached hydrogens (tertiary/aromatic N) is 2. The first-order valence-electron chi connectivity index (χ1n) is 7.69. The number of anilines is 2. The molecule has 132 valence electrons. The van der Waals surface area contributed by atoms with Gasteiger partial charge in [0, 0.05) is 24.1 Å². The molecule has 1 amide bonds. The number of hydrogen-bond donors (Lipinski definition) is 3. The number of nitrogen functional groups attached to an aromatic ring is 1. The Labute approximate surface area is 154 Å². The van der Waals surface area contributed by atoms with Gasteiger partial charge in [-0.2, -0.15) is 5.26 Å². The van der Waals surface area contributed by atoms with Gasteiger partial charge in [0.1, 0.15) is 15.3 Å². The fourth-order valence-electron chi connectivity index (χ4n) is 2.19. The maximum atomic E-state index is 12.6. The lowest BCUT2D eigenvalue weighted by Gasteiger charge is -2.00. The van der Waals surface area contributed by atoms with Gasteiger partial charge in [-0.3, -0.25) is 14.2 Å². The molecule has 0 atom stereocenters. The van der Waals surface area contributed by atoms with Crippen LogP contribution in [0.4, 0.5) is 11.4 Å². The number of nitriles is 1. The van der Waals surface area contributed by atoms with Gasteiger partial charge in [0.2, 0.25) is 0 Å². The van der Waals surface area contributed by atoms with Crippen LogP contribution < -0.4 is 31.1 Å². The maximum Gasteiger partial charge on any atom is 0.270 e. The molecule has 0 aliphatic carbocycles. The van der Waals surface area contributed by atoms with Gasteiger partial charge in [0.25, 0.3) is 11.5 Å². The second-order valence-corrected chi connectivity index (χ2v) is 6.14. The first kappa shape index (κ1) is 18.8. The quantitative estimate of drug-likeness (QED) is 0.500. The normalized spacial score (nSPS) is 12.0. The zero-order valence-electron chi connectivity index (χ0n) is 14.1. The third kappa shape index (κ3) is 4.12. The monoisotopic (exact) mass is 367 g/mol. The average Bonchev–Trinajstić information content (AvgIpc) is 2.94. The molecule has 4 N–H and O–H groups in total. The van der Waals surface area contributed by atoms with Crippen LogP contribution in [-0.4, -0.2) is 17.0 Å². The molecule has 0 aliphatic heterocycles. The van der Waals surface area contributed by atoms with Crippen molar-refractivity contribution in [2.45, 2.75) is 13.5 Å². The first-order chi connectivity index (χ1) is 12.5. The maximum absolute atomic E-state index is 12.6. The molecule has 8 heteroatoms. The van der Waals surface area contributed by atoms with Crippen molar-refractivity contribution < 1.29 is 4.79 Å². The Hall–Kier alpha value is -3.49. The van der Waals surface area contributed by atoms with E-state index in [1.807, 2.05) is 6.07 Å². The summed E-state index contributed by atoms with van der Waals surface area (Å²) in [7, 11) is 0. The number of thiazole rings is 1. The summed E-state index contributed by atoms with van der Waals surface area (Å²) in [4.78, 5) is 24.7. The summed E-state index contributed by atoms with van der Waals surface area (Å²) in [5.41, 5.74) is 6.60. The highest BCUT2D eigenvalue weighted by molar-refractivity contribution is 7.07. The molecule has 2 aromatic rings. The fraction of sp³-hybridized carbons (Fsp3) is 0.167. The highest BCUT2D eigenvalue weighted by Gasteiger charge is 2.14. The predicted molar refractivity (Wildman–Crippen MR) is 103 cm³/mol. The summed E-state index contributed by atoms with van der Waals surface area (Å²) in [6.07, 6.45) is 6.65. The molecular formula is C18H17N5O2S. The minimum atomic E-state index is -0.607. The van der Waals surface area contributed by atoms with Crippen LogP contribution in [0.3, 0.4) is 0 Å². The third-order valence-electron chi connectivity index (χ3n) is 3.38. The smallest absolute Gasteiger partial charge is 0.270 e. The molecule has 0 fully saturated rings. The lowest BCUT2D eigenvalue weighted by molar-refractivity contribution is -0.115. The van der Waals surface area contributed by atoms with Crippen LogP contribution in [0.25, 0.3) is 11.8 Å². The molecular weight excluding hydrogens is 350 g/mol. The van der Waals surface area contributed by atoms with Gasteiger partial charge >= 0.3 is 0 Å². The van der Waals surface area contributed by atoms with E-state index < -0.39 is 5.91 Å². The molecule has 0 saturated heterocycles. The average molecular weight is 367 g/mol. The van der Waals surface area contributed by atoms with Crippen molar-refractivity contribution in [2.75, 3.05) is 17.6 Å². The van der Waals surface area contributed by atoms with Crippen LogP contribution in [0.1, 0.15) is 6.92 Å². The molecule has 1 aromatic carbocycles. The first-order valence-corrected chi connectivity index (χ1v) is 8.51. The van der Waals surface area contributed by atoms with Crippen molar-refractivity contribution in [1.29, 1.82) is 5.26 Å². The van der Waals surface area contributed by atoms with Gasteiger partial charge < -0.3 is 16.4 Å². The molecule has 0 aliphatic rings. The topological polar surface area (TPSA) is 113 Å². The molecule has 0 bridgehead atoms. The van der Waals surface area contributed by atoms with Crippen molar-refractivity contribution in [1.82, 2.24) is 9.88 Å². The number of hydrogen-bond acceptors (Lipinski definition) is 6. The Kier molecular flexibility index (Phi) is 6.20. The van der Waals surface area contributed by atoms with E-state index in [4.69, 9.17) is 12.2 Å². The predicted octanol–water partition coefficient (Wildman–Crippen LogP) is -0.214. The number of carbonyl (C=O) groups is 1. The molecule has 2 rings (SSSR count). The Morgan fingerprint density at radius 2 is 2.27 bits per heavy atom. The summed E-state index contributed by atoms with van der Waals surface area (Å²) >= 11 is 1.06. The van der Waals surface area contributed by atoms with E-state index in [1.165, 1.54) is 10.8 Å². The van der Waals surface area contributed by atoms with Gasteiger partial charge in [-0.25, -0.2) is 0 Å². The van der Waals surface area contributed by atoms with Crippen molar-refractivity contribution in [2.24, 2.45) is 0 Å². The van der Waals surface area contributed by atoms with Crippen LogP contribution in [0.2, 0.25) is 0 Å². The number of aromatic nitrogens is 1. The van der Waals surface area contributed by atoms with E-state index in [9.17, 15) is 14.9 Å². The fourth-order valence-corrected chi connectivity index (χ4v) is 3.27. The highest BCUT2D eigenvalue weighted by atomic mass is 32.1. The number of amides is 1. The van der Waals surface area contributed by atoms with Gasteiger partial charge in [-0.05, 0) is 25.1 Å². The Morgan fingerprint density at radius 3 is 2.88 bits per heavy atom. The van der Waals surface area contributed by atoms with E-state index >= 15 is 0 Å². The summed E-state index contributed by atoms with van der Waals surface area (Å²) in [6, 6.07) is 8.93. The number of terminal acetylenes is 1.